The van der Waals surface area contributed by atoms with Gasteiger partial charge >= 0.3 is 51.4 Å². The fourth-order valence-electron chi connectivity index (χ4n) is 1.74. The number of hydrogen-bond donors (Lipinski definition) is 1. The number of rotatable bonds is 1. The third-order valence-electron chi connectivity index (χ3n) is 2.50. The number of nitrogens with zero attached hydrogens (tertiary/aromatic N) is 1. The van der Waals surface area contributed by atoms with E-state index in [1.807, 2.05) is 0 Å². The second-order valence-corrected chi connectivity index (χ2v) is 5.08. The van der Waals surface area contributed by atoms with E-state index in [1.165, 1.54) is 18.2 Å². The summed E-state index contributed by atoms with van der Waals surface area (Å²) in [6, 6.07) is 0. The normalized spacial score (nSPS) is 31.9. The third-order valence-corrected chi connectivity index (χ3v) is 4.01. The molecular formula is C8H7KN2O4S. The maximum absolute atomic E-state index is 11.5. The fraction of sp³-hybridized carbons (Fsp3) is 0.250. The van der Waals surface area contributed by atoms with E-state index in [4.69, 9.17) is 5.14 Å². The number of sulfonamides is 1. The van der Waals surface area contributed by atoms with Crippen molar-refractivity contribution in [1.82, 2.24) is 0 Å². The first-order valence-electron chi connectivity index (χ1n) is 4.08. The average molecular weight is 266 g/mol. The molecule has 80 valence electrons. The van der Waals surface area contributed by atoms with Gasteiger partial charge in [0.1, 0.15) is 0 Å². The fourth-order valence-corrected chi connectivity index (χ4v) is 2.83. The number of primary sulfonamides is 1. The smallest absolute Gasteiger partial charge is 0.594 e. The Morgan fingerprint density at radius 3 is 2.44 bits per heavy atom. The third kappa shape index (κ3) is 1.78. The standard InChI is InChI=1S/C8H8N2O4S.K/c9-15(13,14)8-4-2-1-3-5(8)6(11)10-7(8)12;/h1-5H,(H3,9,10,11,12,13,14);/q;+1/p-1. The number of fused-ring (bicyclic) bond motifs is 1. The predicted octanol–water partition coefficient (Wildman–Crippen LogP) is -3.80. The molecule has 0 radical (unpaired) electrons. The van der Waals surface area contributed by atoms with E-state index >= 15 is 0 Å². The van der Waals surface area contributed by atoms with Crippen molar-refractivity contribution in [2.45, 2.75) is 4.75 Å². The van der Waals surface area contributed by atoms with Gasteiger partial charge in [0.05, 0.1) is 11.8 Å². The van der Waals surface area contributed by atoms with Crippen LogP contribution in [0.4, 0.5) is 0 Å². The molecule has 0 aromatic rings. The Kier molecular flexibility index (Phi) is 3.95. The second-order valence-electron chi connectivity index (χ2n) is 3.31. The van der Waals surface area contributed by atoms with Gasteiger partial charge in [-0.1, -0.05) is 24.3 Å². The molecule has 2 atom stereocenters. The summed E-state index contributed by atoms with van der Waals surface area (Å²) in [6.45, 7) is 0. The van der Waals surface area contributed by atoms with E-state index in [0.29, 0.717) is 0 Å². The van der Waals surface area contributed by atoms with Crippen LogP contribution in [0, 0.1) is 5.92 Å². The van der Waals surface area contributed by atoms with E-state index in [0.717, 1.165) is 6.08 Å². The summed E-state index contributed by atoms with van der Waals surface area (Å²) in [7, 11) is -4.21. The number of imide groups is 1. The van der Waals surface area contributed by atoms with Gasteiger partial charge in [-0.15, -0.1) is 0 Å². The van der Waals surface area contributed by atoms with Crippen molar-refractivity contribution >= 4 is 21.8 Å². The summed E-state index contributed by atoms with van der Waals surface area (Å²) in [6.07, 6.45) is 5.29. The van der Waals surface area contributed by atoms with Crippen LogP contribution in [0.2, 0.25) is 0 Å². The Hall–Kier alpha value is 0.166. The zero-order valence-corrected chi connectivity index (χ0v) is 12.4. The van der Waals surface area contributed by atoms with Crippen LogP contribution in [-0.2, 0) is 19.6 Å². The summed E-state index contributed by atoms with van der Waals surface area (Å²) >= 11 is 0. The molecule has 0 spiro atoms. The van der Waals surface area contributed by atoms with Crippen molar-refractivity contribution in [3.05, 3.63) is 29.6 Å². The van der Waals surface area contributed by atoms with Crippen LogP contribution in [-0.4, -0.2) is 25.0 Å². The number of amides is 2. The number of allylic oxidation sites excluding steroid dienone is 2. The molecule has 2 unspecified atom stereocenters. The van der Waals surface area contributed by atoms with Gasteiger partial charge in [0, 0.05) is 5.92 Å². The molecule has 0 saturated carbocycles. The minimum atomic E-state index is -4.21. The van der Waals surface area contributed by atoms with Gasteiger partial charge < -0.3 is 14.9 Å². The molecule has 1 aliphatic heterocycles. The summed E-state index contributed by atoms with van der Waals surface area (Å²) in [5.74, 6) is -2.90. The van der Waals surface area contributed by atoms with Crippen LogP contribution < -0.4 is 56.5 Å². The van der Waals surface area contributed by atoms with Crippen LogP contribution in [0.3, 0.4) is 0 Å². The van der Waals surface area contributed by atoms with Gasteiger partial charge in [-0.25, -0.2) is 13.6 Å². The summed E-state index contributed by atoms with van der Waals surface area (Å²) in [4.78, 5) is 22.7. The molecule has 0 aromatic heterocycles. The number of hydrogen-bond acceptors (Lipinski definition) is 4. The first-order chi connectivity index (χ1) is 6.89. The van der Waals surface area contributed by atoms with E-state index in [9.17, 15) is 18.0 Å². The molecule has 16 heavy (non-hydrogen) atoms. The van der Waals surface area contributed by atoms with Crippen LogP contribution in [0.5, 0.6) is 0 Å². The van der Waals surface area contributed by atoms with Gasteiger partial charge in [0.2, 0.25) is 10.0 Å². The van der Waals surface area contributed by atoms with Crippen molar-refractivity contribution < 1.29 is 69.4 Å². The monoisotopic (exact) mass is 266 g/mol. The molecule has 2 rings (SSSR count). The maximum atomic E-state index is 11.5. The minimum Gasteiger partial charge on any atom is -0.594 e. The molecule has 0 aromatic carbocycles. The molecule has 2 N–H and O–H groups in total. The SMILES string of the molecule is NS(=O)(=O)C12C=CC=CC1C(=O)[N-]C2=O.[K+]. The Labute approximate surface area is 135 Å². The Morgan fingerprint density at radius 2 is 1.94 bits per heavy atom. The van der Waals surface area contributed by atoms with Crippen molar-refractivity contribution in [3.63, 3.8) is 0 Å². The van der Waals surface area contributed by atoms with Crippen LogP contribution in [0.15, 0.2) is 24.3 Å². The predicted molar refractivity (Wildman–Crippen MR) is 51.0 cm³/mol. The topological polar surface area (TPSA) is 108 Å². The number of carbonyl (C=O) groups excluding carboxylic acids is 2. The van der Waals surface area contributed by atoms with Crippen molar-refractivity contribution in [1.29, 1.82) is 0 Å². The maximum Gasteiger partial charge on any atom is 1.00 e. The molecule has 6 nitrogen and oxygen atoms in total. The summed E-state index contributed by atoms with van der Waals surface area (Å²) < 4.78 is 20.8. The van der Waals surface area contributed by atoms with E-state index in [2.05, 4.69) is 5.32 Å². The molecule has 1 heterocycles. The molecular weight excluding hydrogens is 259 g/mol. The van der Waals surface area contributed by atoms with Gasteiger partial charge in [0.25, 0.3) is 0 Å². The second kappa shape index (κ2) is 4.45. The van der Waals surface area contributed by atoms with E-state index in [1.54, 1.807) is 0 Å². The van der Waals surface area contributed by atoms with Crippen molar-refractivity contribution in [3.8, 4) is 0 Å². The van der Waals surface area contributed by atoms with Crippen LogP contribution >= 0.6 is 0 Å². The first kappa shape index (κ1) is 14.2. The average Bonchev–Trinajstić information content (AvgIpc) is 2.40. The van der Waals surface area contributed by atoms with Gasteiger partial charge in [-0.2, -0.15) is 0 Å². The van der Waals surface area contributed by atoms with Crippen molar-refractivity contribution in [2.75, 3.05) is 0 Å². The summed E-state index contributed by atoms with van der Waals surface area (Å²) in [5.41, 5.74) is 0. The molecule has 2 amide bonds. The van der Waals surface area contributed by atoms with E-state index in [-0.39, 0.29) is 51.4 Å². The molecule has 1 aliphatic carbocycles. The summed E-state index contributed by atoms with van der Waals surface area (Å²) in [5, 5.41) is 8.13. The zero-order valence-electron chi connectivity index (χ0n) is 8.45. The van der Waals surface area contributed by atoms with Gasteiger partial charge in [0.15, 0.2) is 4.75 Å². The van der Waals surface area contributed by atoms with Crippen LogP contribution in [0.25, 0.3) is 5.32 Å². The van der Waals surface area contributed by atoms with Gasteiger partial charge in [-0.3, -0.25) is 0 Å². The quantitative estimate of drug-likeness (QED) is 0.388. The van der Waals surface area contributed by atoms with Gasteiger partial charge in [-0.05, 0) is 0 Å². The minimum absolute atomic E-state index is 0. The largest absolute Gasteiger partial charge is 1.00 e. The molecule has 1 fully saturated rings. The molecule has 8 heteroatoms. The Morgan fingerprint density at radius 1 is 1.31 bits per heavy atom. The Balaban J connectivity index is 0.00000128. The molecule has 1 saturated heterocycles. The van der Waals surface area contributed by atoms with Crippen LogP contribution in [0.1, 0.15) is 0 Å². The molecule has 2 aliphatic rings. The first-order valence-corrected chi connectivity index (χ1v) is 5.62. The zero-order chi connectivity index (χ0) is 11.3. The van der Waals surface area contributed by atoms with Crippen molar-refractivity contribution in [2.24, 2.45) is 11.1 Å². The molecule has 0 bridgehead atoms. The number of carbonyl (C=O) groups is 2. The van der Waals surface area contributed by atoms with E-state index < -0.39 is 32.5 Å². The Bertz CT molecular complexity index is 510. The number of nitrogens with two attached hydrogens (primary N) is 1.